The fourth-order valence-electron chi connectivity index (χ4n) is 2.63. The summed E-state index contributed by atoms with van der Waals surface area (Å²) in [5.74, 6) is -0.501. The van der Waals surface area contributed by atoms with E-state index in [4.69, 9.17) is 4.74 Å². The third-order valence-electron chi connectivity index (χ3n) is 3.95. The molecule has 1 N–H and O–H groups in total. The monoisotopic (exact) mass is 363 g/mol. The topological polar surface area (TPSA) is 70.6 Å². The summed E-state index contributed by atoms with van der Waals surface area (Å²) in [6.07, 6.45) is 1.24. The van der Waals surface area contributed by atoms with Gasteiger partial charge in [-0.25, -0.2) is 18.6 Å². The average molecular weight is 363 g/mol. The van der Waals surface area contributed by atoms with Gasteiger partial charge in [0.1, 0.15) is 17.5 Å². The second kappa shape index (κ2) is 7.94. The highest BCUT2D eigenvalue weighted by molar-refractivity contribution is 5.68. The summed E-state index contributed by atoms with van der Waals surface area (Å²) in [5.41, 5.74) is 0.0932. The van der Waals surface area contributed by atoms with Crippen molar-refractivity contribution in [2.75, 3.05) is 43.0 Å². The molecule has 1 aromatic carbocycles. The van der Waals surface area contributed by atoms with Crippen molar-refractivity contribution in [1.82, 2.24) is 14.9 Å². The molecule has 0 saturated carbocycles. The number of aromatic nitrogens is 2. The van der Waals surface area contributed by atoms with E-state index >= 15 is 0 Å². The number of hydrogen-bond donors (Lipinski definition) is 1. The second-order valence-corrected chi connectivity index (χ2v) is 5.66. The maximum atomic E-state index is 13.8. The molecule has 2 heterocycles. The fraction of sp³-hybridized carbons (Fsp3) is 0.353. The fourth-order valence-corrected chi connectivity index (χ4v) is 2.63. The van der Waals surface area contributed by atoms with Crippen molar-refractivity contribution in [3.8, 4) is 0 Å². The molecule has 1 fully saturated rings. The molecule has 0 aliphatic carbocycles. The van der Waals surface area contributed by atoms with Gasteiger partial charge in [-0.1, -0.05) is 0 Å². The van der Waals surface area contributed by atoms with Crippen LogP contribution in [0.25, 0.3) is 0 Å². The molecule has 1 aliphatic rings. The van der Waals surface area contributed by atoms with E-state index in [2.05, 4.69) is 15.3 Å². The summed E-state index contributed by atoms with van der Waals surface area (Å²) in [6, 6.07) is 4.98. The van der Waals surface area contributed by atoms with Gasteiger partial charge in [-0.2, -0.15) is 4.98 Å². The second-order valence-electron chi connectivity index (χ2n) is 5.66. The van der Waals surface area contributed by atoms with Gasteiger partial charge in [-0.3, -0.25) is 0 Å². The van der Waals surface area contributed by atoms with Gasteiger partial charge in [0.25, 0.3) is 0 Å². The van der Waals surface area contributed by atoms with Gasteiger partial charge >= 0.3 is 6.09 Å². The molecule has 0 unspecified atom stereocenters. The van der Waals surface area contributed by atoms with Gasteiger partial charge in [-0.05, 0) is 25.1 Å². The standard InChI is InChI=1S/C17H19F2N5O2/c1-2-26-17(25)24-9-7-23(8-10-24)15-5-6-20-16(22-15)21-14-4-3-12(18)11-13(14)19/h3-6,11H,2,7-10H2,1H3,(H,20,21,22). The number of ether oxygens (including phenoxy) is 1. The van der Waals surface area contributed by atoms with Crippen molar-refractivity contribution < 1.29 is 18.3 Å². The minimum Gasteiger partial charge on any atom is -0.450 e. The lowest BCUT2D eigenvalue weighted by Crippen LogP contribution is -2.49. The molecule has 0 radical (unpaired) electrons. The van der Waals surface area contributed by atoms with E-state index in [0.29, 0.717) is 38.6 Å². The van der Waals surface area contributed by atoms with Crippen molar-refractivity contribution in [2.45, 2.75) is 6.92 Å². The minimum atomic E-state index is -0.720. The summed E-state index contributed by atoms with van der Waals surface area (Å²) in [4.78, 5) is 23.8. The summed E-state index contributed by atoms with van der Waals surface area (Å²) in [6.45, 7) is 4.37. The van der Waals surface area contributed by atoms with Gasteiger partial charge in [0, 0.05) is 38.4 Å². The maximum absolute atomic E-state index is 13.8. The predicted octanol–water partition coefficient (Wildman–Crippen LogP) is 2.78. The lowest BCUT2D eigenvalue weighted by molar-refractivity contribution is 0.105. The van der Waals surface area contributed by atoms with Crippen LogP contribution >= 0.6 is 0 Å². The Kier molecular flexibility index (Phi) is 5.45. The van der Waals surface area contributed by atoms with Crippen LogP contribution in [0, 0.1) is 11.6 Å². The highest BCUT2D eigenvalue weighted by Gasteiger charge is 2.22. The zero-order valence-corrected chi connectivity index (χ0v) is 14.3. The van der Waals surface area contributed by atoms with E-state index in [1.54, 1.807) is 24.1 Å². The molecular formula is C17H19F2N5O2. The number of halogens is 2. The number of anilines is 3. The van der Waals surface area contributed by atoms with Crippen LogP contribution in [0.4, 0.5) is 31.0 Å². The number of carbonyl (C=O) groups excluding carboxylic acids is 1. The molecule has 26 heavy (non-hydrogen) atoms. The van der Waals surface area contributed by atoms with E-state index in [9.17, 15) is 13.6 Å². The van der Waals surface area contributed by atoms with Crippen LogP contribution in [0.3, 0.4) is 0 Å². The lowest BCUT2D eigenvalue weighted by atomic mass is 10.3. The number of nitrogens with one attached hydrogen (secondary N) is 1. The summed E-state index contributed by atoms with van der Waals surface area (Å²) >= 11 is 0. The van der Waals surface area contributed by atoms with Crippen molar-refractivity contribution in [2.24, 2.45) is 0 Å². The zero-order valence-electron chi connectivity index (χ0n) is 14.3. The molecule has 1 amide bonds. The molecule has 2 aromatic rings. The molecule has 0 bridgehead atoms. The van der Waals surface area contributed by atoms with Crippen LogP contribution in [-0.4, -0.2) is 53.7 Å². The first-order valence-electron chi connectivity index (χ1n) is 8.28. The smallest absolute Gasteiger partial charge is 0.409 e. The Balaban J connectivity index is 1.65. The number of nitrogens with zero attached hydrogens (tertiary/aromatic N) is 4. The Bertz CT molecular complexity index is 781. The van der Waals surface area contributed by atoms with E-state index in [-0.39, 0.29) is 17.7 Å². The SMILES string of the molecule is CCOC(=O)N1CCN(c2ccnc(Nc3ccc(F)cc3F)n2)CC1. The first-order chi connectivity index (χ1) is 12.6. The van der Waals surface area contributed by atoms with Gasteiger partial charge in [0.05, 0.1) is 12.3 Å². The Labute approximate surface area is 149 Å². The van der Waals surface area contributed by atoms with Crippen LogP contribution in [0.5, 0.6) is 0 Å². The Hall–Kier alpha value is -2.97. The van der Waals surface area contributed by atoms with E-state index < -0.39 is 11.6 Å². The molecular weight excluding hydrogens is 344 g/mol. The summed E-state index contributed by atoms with van der Waals surface area (Å²) in [7, 11) is 0. The summed E-state index contributed by atoms with van der Waals surface area (Å²) in [5, 5.41) is 2.75. The van der Waals surface area contributed by atoms with Crippen LogP contribution in [0.15, 0.2) is 30.5 Å². The molecule has 1 aromatic heterocycles. The highest BCUT2D eigenvalue weighted by atomic mass is 19.1. The van der Waals surface area contributed by atoms with Crippen LogP contribution in [-0.2, 0) is 4.74 Å². The first kappa shape index (κ1) is 17.8. The van der Waals surface area contributed by atoms with E-state index in [1.807, 2.05) is 4.90 Å². The van der Waals surface area contributed by atoms with Gasteiger partial charge < -0.3 is 19.9 Å². The largest absolute Gasteiger partial charge is 0.450 e. The molecule has 7 nitrogen and oxygen atoms in total. The molecule has 1 saturated heterocycles. The third-order valence-corrected chi connectivity index (χ3v) is 3.95. The van der Waals surface area contributed by atoms with Crippen molar-refractivity contribution >= 4 is 23.5 Å². The number of rotatable bonds is 4. The van der Waals surface area contributed by atoms with E-state index in [0.717, 1.165) is 12.1 Å². The summed E-state index contributed by atoms with van der Waals surface area (Å²) < 4.78 is 31.7. The number of carbonyl (C=O) groups is 1. The number of benzene rings is 1. The van der Waals surface area contributed by atoms with Gasteiger partial charge in [0.2, 0.25) is 5.95 Å². The number of hydrogen-bond acceptors (Lipinski definition) is 6. The molecule has 0 atom stereocenters. The normalized spacial score (nSPS) is 14.3. The Morgan fingerprint density at radius 2 is 2.00 bits per heavy atom. The van der Waals surface area contributed by atoms with Crippen molar-refractivity contribution in [3.63, 3.8) is 0 Å². The molecule has 9 heteroatoms. The first-order valence-corrected chi connectivity index (χ1v) is 8.28. The third kappa shape index (κ3) is 4.16. The molecule has 138 valence electrons. The van der Waals surface area contributed by atoms with Crippen LogP contribution in [0.1, 0.15) is 6.92 Å². The molecule has 3 rings (SSSR count). The Morgan fingerprint density at radius 1 is 1.23 bits per heavy atom. The zero-order chi connectivity index (χ0) is 18.5. The Morgan fingerprint density at radius 3 is 2.69 bits per heavy atom. The quantitative estimate of drug-likeness (QED) is 0.901. The van der Waals surface area contributed by atoms with E-state index in [1.165, 1.54) is 6.07 Å². The maximum Gasteiger partial charge on any atom is 0.409 e. The molecule has 1 aliphatic heterocycles. The average Bonchev–Trinajstić information content (AvgIpc) is 2.65. The number of piperazine rings is 1. The predicted molar refractivity (Wildman–Crippen MR) is 92.5 cm³/mol. The van der Waals surface area contributed by atoms with Gasteiger partial charge in [0.15, 0.2) is 0 Å². The minimum absolute atomic E-state index is 0.0932. The van der Waals surface area contributed by atoms with Gasteiger partial charge in [-0.15, -0.1) is 0 Å². The van der Waals surface area contributed by atoms with Crippen LogP contribution in [0.2, 0.25) is 0 Å². The molecule has 0 spiro atoms. The van der Waals surface area contributed by atoms with Crippen LogP contribution < -0.4 is 10.2 Å². The van der Waals surface area contributed by atoms with Crippen molar-refractivity contribution in [3.05, 3.63) is 42.1 Å². The lowest BCUT2D eigenvalue weighted by Gasteiger charge is -2.34. The highest BCUT2D eigenvalue weighted by Crippen LogP contribution is 2.20. The number of amides is 1. The van der Waals surface area contributed by atoms with Crippen molar-refractivity contribution in [1.29, 1.82) is 0 Å².